The fraction of sp³-hybridized carbons (Fsp3) is 0.0233. The highest BCUT2D eigenvalue weighted by molar-refractivity contribution is 6.10. The molecule has 0 radical (unpaired) electrons. The van der Waals surface area contributed by atoms with Gasteiger partial charge in [0.25, 0.3) is 0 Å². The summed E-state index contributed by atoms with van der Waals surface area (Å²) in [6, 6.07) is 63.0. The first kappa shape index (κ1) is 25.6. The van der Waals surface area contributed by atoms with E-state index in [1.54, 1.807) is 0 Å². The van der Waals surface area contributed by atoms with Gasteiger partial charge in [-0.05, 0) is 64.7 Å². The molecule has 0 unspecified atom stereocenters. The van der Waals surface area contributed by atoms with Gasteiger partial charge >= 0.3 is 0 Å². The van der Waals surface area contributed by atoms with Gasteiger partial charge in [-0.1, -0.05) is 133 Å². The van der Waals surface area contributed by atoms with Gasteiger partial charge in [0.2, 0.25) is 0 Å². The van der Waals surface area contributed by atoms with Gasteiger partial charge in [0.05, 0.1) is 16.4 Å². The molecule has 0 aliphatic carbocycles. The average Bonchev–Trinajstić information content (AvgIpc) is 3.45. The molecule has 1 aromatic heterocycles. The fourth-order valence-electron chi connectivity index (χ4n) is 7.40. The zero-order valence-electron chi connectivity index (χ0n) is 24.6. The van der Waals surface area contributed by atoms with Crippen LogP contribution < -0.4 is 4.74 Å². The molecule has 2 nitrogen and oxygen atoms in total. The smallest absolute Gasteiger partial charge is 0.132 e. The maximum absolute atomic E-state index is 6.75. The van der Waals surface area contributed by atoms with Crippen molar-refractivity contribution < 1.29 is 4.74 Å². The Morgan fingerprint density at radius 3 is 1.71 bits per heavy atom. The molecular weight excluding hydrogens is 546 g/mol. The van der Waals surface area contributed by atoms with E-state index in [0.717, 1.165) is 39.4 Å². The van der Waals surface area contributed by atoms with E-state index in [0.29, 0.717) is 0 Å². The van der Waals surface area contributed by atoms with E-state index in [1.165, 1.54) is 32.9 Å². The number of fused-ring (bicyclic) bond motifs is 5. The number of rotatable bonds is 4. The maximum atomic E-state index is 6.75. The van der Waals surface area contributed by atoms with Gasteiger partial charge in [0.1, 0.15) is 11.5 Å². The zero-order chi connectivity index (χ0) is 29.8. The van der Waals surface area contributed by atoms with Crippen LogP contribution in [0, 0.1) is 0 Å². The van der Waals surface area contributed by atoms with Crippen LogP contribution in [0.1, 0.15) is 22.3 Å². The topological polar surface area (TPSA) is 14.2 Å². The highest BCUT2D eigenvalue weighted by Gasteiger charge is 2.45. The van der Waals surface area contributed by atoms with Gasteiger partial charge in [0, 0.05) is 27.6 Å². The molecule has 0 spiro atoms. The van der Waals surface area contributed by atoms with Crippen molar-refractivity contribution in [1.82, 2.24) is 4.57 Å². The summed E-state index contributed by atoms with van der Waals surface area (Å²) < 4.78 is 9.11. The quantitative estimate of drug-likeness (QED) is 0.204. The summed E-state index contributed by atoms with van der Waals surface area (Å²) >= 11 is 0. The second-order valence-electron chi connectivity index (χ2n) is 11.7. The molecule has 0 bridgehead atoms. The predicted molar refractivity (Wildman–Crippen MR) is 185 cm³/mol. The lowest BCUT2D eigenvalue weighted by Crippen LogP contribution is -2.34. The molecule has 0 N–H and O–H groups in total. The van der Waals surface area contributed by atoms with Crippen LogP contribution in [-0.2, 0) is 5.41 Å². The van der Waals surface area contributed by atoms with E-state index >= 15 is 0 Å². The molecule has 1 aliphatic rings. The van der Waals surface area contributed by atoms with Gasteiger partial charge < -0.3 is 9.30 Å². The third-order valence-electron chi connectivity index (χ3n) is 9.33. The summed E-state index contributed by atoms with van der Waals surface area (Å²) in [6.45, 7) is 0. The van der Waals surface area contributed by atoms with Gasteiger partial charge in [-0.25, -0.2) is 0 Å². The van der Waals surface area contributed by atoms with Crippen molar-refractivity contribution in [2.24, 2.45) is 0 Å². The van der Waals surface area contributed by atoms with E-state index < -0.39 is 5.41 Å². The molecule has 2 heteroatoms. The van der Waals surface area contributed by atoms with Gasteiger partial charge in [-0.3, -0.25) is 0 Å². The van der Waals surface area contributed by atoms with Gasteiger partial charge in [-0.2, -0.15) is 0 Å². The summed E-state index contributed by atoms with van der Waals surface area (Å²) in [7, 11) is 0. The van der Waals surface area contributed by atoms with Gasteiger partial charge in [0.15, 0.2) is 0 Å². The monoisotopic (exact) mass is 575 g/mol. The van der Waals surface area contributed by atoms with Crippen LogP contribution in [0.15, 0.2) is 176 Å². The Labute approximate surface area is 262 Å². The number of hydrogen-bond acceptors (Lipinski definition) is 1. The highest BCUT2D eigenvalue weighted by atomic mass is 16.5. The maximum Gasteiger partial charge on any atom is 0.132 e. The minimum atomic E-state index is -0.516. The van der Waals surface area contributed by atoms with Crippen molar-refractivity contribution in [3.63, 3.8) is 0 Å². The predicted octanol–water partition coefficient (Wildman–Crippen LogP) is 10.9. The third-order valence-corrected chi connectivity index (χ3v) is 9.33. The van der Waals surface area contributed by atoms with Crippen LogP contribution in [0.25, 0.3) is 38.6 Å². The lowest BCUT2D eigenvalue weighted by atomic mass is 9.63. The van der Waals surface area contributed by atoms with Crippen LogP contribution in [0.4, 0.5) is 0 Å². The Balaban J connectivity index is 1.27. The molecule has 9 rings (SSSR count). The molecular formula is C43H29NO. The minimum Gasteiger partial charge on any atom is -0.457 e. The van der Waals surface area contributed by atoms with E-state index in [4.69, 9.17) is 4.74 Å². The molecule has 0 amide bonds. The Morgan fingerprint density at radius 2 is 0.956 bits per heavy atom. The Morgan fingerprint density at radius 1 is 0.400 bits per heavy atom. The molecule has 45 heavy (non-hydrogen) atoms. The van der Waals surface area contributed by atoms with Crippen LogP contribution in [0.2, 0.25) is 0 Å². The Kier molecular flexibility index (Phi) is 5.76. The zero-order valence-corrected chi connectivity index (χ0v) is 24.6. The Hall–Kier alpha value is -5.86. The van der Waals surface area contributed by atoms with Crippen LogP contribution in [0.5, 0.6) is 11.5 Å². The Bertz CT molecular complexity index is 2300. The van der Waals surface area contributed by atoms with Gasteiger partial charge in [-0.15, -0.1) is 0 Å². The van der Waals surface area contributed by atoms with Crippen molar-refractivity contribution in [1.29, 1.82) is 0 Å². The fourth-order valence-corrected chi connectivity index (χ4v) is 7.40. The first-order chi connectivity index (χ1) is 22.3. The van der Waals surface area contributed by atoms with Crippen molar-refractivity contribution >= 4 is 21.8 Å². The molecule has 7 aromatic carbocycles. The highest BCUT2D eigenvalue weighted by Crippen LogP contribution is 2.55. The molecule has 8 aromatic rings. The van der Waals surface area contributed by atoms with E-state index in [-0.39, 0.29) is 0 Å². The first-order valence-corrected chi connectivity index (χ1v) is 15.4. The molecule has 212 valence electrons. The van der Waals surface area contributed by atoms with E-state index in [1.807, 2.05) is 0 Å². The summed E-state index contributed by atoms with van der Waals surface area (Å²) in [6.07, 6.45) is 0. The van der Waals surface area contributed by atoms with Crippen LogP contribution >= 0.6 is 0 Å². The van der Waals surface area contributed by atoms with E-state index in [2.05, 4.69) is 180 Å². The molecule has 0 fully saturated rings. The number of nitrogens with zero attached hydrogens (tertiary/aromatic N) is 1. The summed E-state index contributed by atoms with van der Waals surface area (Å²) in [5.74, 6) is 1.77. The average molecular weight is 576 g/mol. The van der Waals surface area contributed by atoms with Crippen molar-refractivity contribution in [2.45, 2.75) is 5.41 Å². The first-order valence-electron chi connectivity index (χ1n) is 15.4. The number of benzene rings is 7. The molecule has 1 aliphatic heterocycles. The second kappa shape index (κ2) is 10.1. The number of aromatic nitrogens is 1. The SMILES string of the molecule is c1ccc(-n2c3ccccc3c3cc(-c4ccc5c(c4)Oc4ccccc4C5(c4ccccc4)c4ccccc4)ccc32)cc1. The number of ether oxygens (including phenoxy) is 1. The van der Waals surface area contributed by atoms with Crippen molar-refractivity contribution in [3.05, 3.63) is 198 Å². The molecule has 0 saturated carbocycles. The second-order valence-corrected chi connectivity index (χ2v) is 11.7. The van der Waals surface area contributed by atoms with Crippen LogP contribution in [0.3, 0.4) is 0 Å². The molecule has 0 saturated heterocycles. The number of hydrogen-bond donors (Lipinski definition) is 0. The van der Waals surface area contributed by atoms with Crippen molar-refractivity contribution in [2.75, 3.05) is 0 Å². The van der Waals surface area contributed by atoms with Crippen LogP contribution in [-0.4, -0.2) is 4.57 Å². The molecule has 2 heterocycles. The lowest BCUT2D eigenvalue weighted by molar-refractivity contribution is 0.435. The minimum absolute atomic E-state index is 0.516. The third kappa shape index (κ3) is 3.82. The summed E-state index contributed by atoms with van der Waals surface area (Å²) in [4.78, 5) is 0. The lowest BCUT2D eigenvalue weighted by Gasteiger charge is -2.41. The largest absolute Gasteiger partial charge is 0.457 e. The van der Waals surface area contributed by atoms with Crippen molar-refractivity contribution in [3.8, 4) is 28.3 Å². The molecule has 0 atom stereocenters. The standard InChI is InChI=1S/C43H29NO/c1-4-14-32(15-5-1)43(33-16-6-2-7-17-33)37-21-11-13-23-41(37)45-42-29-31(24-26-38(42)43)30-25-27-40-36(28-30)35-20-10-12-22-39(35)44(40)34-18-8-3-9-19-34/h1-29H. The summed E-state index contributed by atoms with van der Waals surface area (Å²) in [5, 5.41) is 2.48. The summed E-state index contributed by atoms with van der Waals surface area (Å²) in [5.41, 5.74) is 10.1. The van der Waals surface area contributed by atoms with E-state index in [9.17, 15) is 0 Å². The number of para-hydroxylation sites is 3. The normalized spacial score (nSPS) is 13.2.